The summed E-state index contributed by atoms with van der Waals surface area (Å²) in [6, 6.07) is 5.78. The number of ether oxygens (including phenoxy) is 2. The van der Waals surface area contributed by atoms with Crippen molar-refractivity contribution in [1.82, 2.24) is 10.2 Å². The van der Waals surface area contributed by atoms with Gasteiger partial charge in [-0.25, -0.2) is 0 Å². The molecule has 5 heteroatoms. The second kappa shape index (κ2) is 8.36. The minimum absolute atomic E-state index is 0.0780. The number of aliphatic hydroxyl groups is 1. The topological polar surface area (TPSA) is 54.0 Å². The fraction of sp³-hybridized carbons (Fsp3) is 0.647. The fourth-order valence-electron chi connectivity index (χ4n) is 2.77. The summed E-state index contributed by atoms with van der Waals surface area (Å²) in [4.78, 5) is 2.31. The van der Waals surface area contributed by atoms with E-state index in [4.69, 9.17) is 9.47 Å². The lowest BCUT2D eigenvalue weighted by molar-refractivity contribution is 0.0508. The van der Waals surface area contributed by atoms with Crippen LogP contribution >= 0.6 is 0 Å². The molecule has 124 valence electrons. The Hall–Kier alpha value is -1.30. The summed E-state index contributed by atoms with van der Waals surface area (Å²) in [5.74, 6) is 1.41. The molecule has 0 radical (unpaired) electrons. The molecule has 0 saturated carbocycles. The molecule has 0 aliphatic carbocycles. The molecule has 1 saturated heterocycles. The van der Waals surface area contributed by atoms with E-state index < -0.39 is 6.10 Å². The predicted octanol–water partition coefficient (Wildman–Crippen LogP) is 1.81. The first-order valence-electron chi connectivity index (χ1n) is 8.11. The van der Waals surface area contributed by atoms with Gasteiger partial charge in [-0.05, 0) is 31.0 Å². The largest absolute Gasteiger partial charge is 0.493 e. The van der Waals surface area contributed by atoms with Gasteiger partial charge in [-0.15, -0.1) is 0 Å². The van der Waals surface area contributed by atoms with Crippen molar-refractivity contribution >= 4 is 0 Å². The van der Waals surface area contributed by atoms with Gasteiger partial charge in [-0.3, -0.25) is 4.90 Å². The first-order valence-corrected chi connectivity index (χ1v) is 8.11. The first-order chi connectivity index (χ1) is 10.7. The Kier molecular flexibility index (Phi) is 6.49. The summed E-state index contributed by atoms with van der Waals surface area (Å²) < 4.78 is 11.1. The number of nitrogens with zero attached hydrogens (tertiary/aromatic N) is 1. The Bertz CT molecular complexity index is 461. The molecule has 0 spiro atoms. The molecular weight excluding hydrogens is 280 g/mol. The minimum atomic E-state index is -0.535. The zero-order chi connectivity index (χ0) is 15.9. The number of rotatable bonds is 7. The number of hydrogen-bond acceptors (Lipinski definition) is 5. The molecule has 1 aromatic carbocycles. The lowest BCUT2D eigenvalue weighted by Gasteiger charge is -2.35. The molecule has 2 atom stereocenters. The van der Waals surface area contributed by atoms with Crippen LogP contribution < -0.4 is 14.8 Å². The molecule has 0 bridgehead atoms. The molecule has 0 amide bonds. The van der Waals surface area contributed by atoms with Gasteiger partial charge in [0.15, 0.2) is 11.5 Å². The van der Waals surface area contributed by atoms with Crippen molar-refractivity contribution in [2.45, 2.75) is 32.4 Å². The molecule has 22 heavy (non-hydrogen) atoms. The highest BCUT2D eigenvalue weighted by atomic mass is 16.5. The van der Waals surface area contributed by atoms with E-state index in [1.807, 2.05) is 18.2 Å². The second-order valence-corrected chi connectivity index (χ2v) is 5.73. The maximum atomic E-state index is 10.7. The van der Waals surface area contributed by atoms with Gasteiger partial charge in [0.05, 0.1) is 19.8 Å². The Balaban J connectivity index is 2.09. The molecular formula is C17H28N2O3. The van der Waals surface area contributed by atoms with E-state index in [1.165, 1.54) is 0 Å². The van der Waals surface area contributed by atoms with Crippen molar-refractivity contribution in [1.29, 1.82) is 0 Å². The van der Waals surface area contributed by atoms with Crippen LogP contribution in [0.3, 0.4) is 0 Å². The van der Waals surface area contributed by atoms with Gasteiger partial charge in [0.25, 0.3) is 0 Å². The van der Waals surface area contributed by atoms with E-state index in [2.05, 4.69) is 24.1 Å². The smallest absolute Gasteiger partial charge is 0.161 e. The maximum absolute atomic E-state index is 10.7. The van der Waals surface area contributed by atoms with Gasteiger partial charge in [0.1, 0.15) is 0 Å². The zero-order valence-electron chi connectivity index (χ0n) is 13.8. The van der Waals surface area contributed by atoms with Crippen molar-refractivity contribution in [3.05, 3.63) is 23.8 Å². The van der Waals surface area contributed by atoms with E-state index in [-0.39, 0.29) is 6.04 Å². The molecule has 1 aliphatic rings. The van der Waals surface area contributed by atoms with Crippen molar-refractivity contribution in [3.8, 4) is 11.5 Å². The standard InChI is InChI=1S/C17H28N2O3/c1-4-11-22-15-6-5-14(12-16(15)21-3)17(20)13(2)19-9-7-18-8-10-19/h5-6,12-13,17-18,20H,4,7-11H2,1-3H3. The Labute approximate surface area is 133 Å². The lowest BCUT2D eigenvalue weighted by Crippen LogP contribution is -2.49. The SMILES string of the molecule is CCCOc1ccc(C(O)C(C)N2CCNCC2)cc1OC. The van der Waals surface area contributed by atoms with E-state index >= 15 is 0 Å². The van der Waals surface area contributed by atoms with E-state index in [1.54, 1.807) is 7.11 Å². The molecule has 1 heterocycles. The van der Waals surface area contributed by atoms with Gasteiger partial charge in [-0.2, -0.15) is 0 Å². The van der Waals surface area contributed by atoms with Crippen LogP contribution in [-0.4, -0.2) is 55.9 Å². The summed E-state index contributed by atoms with van der Waals surface area (Å²) in [5, 5.41) is 14.0. The zero-order valence-corrected chi connectivity index (χ0v) is 13.8. The van der Waals surface area contributed by atoms with Crippen LogP contribution in [0.1, 0.15) is 31.9 Å². The predicted molar refractivity (Wildman–Crippen MR) is 87.6 cm³/mol. The highest BCUT2D eigenvalue weighted by molar-refractivity contribution is 5.43. The van der Waals surface area contributed by atoms with Crippen molar-refractivity contribution in [2.24, 2.45) is 0 Å². The van der Waals surface area contributed by atoms with Crippen molar-refractivity contribution in [3.63, 3.8) is 0 Å². The molecule has 2 N–H and O–H groups in total. The third-order valence-corrected chi connectivity index (χ3v) is 4.18. The normalized spacial score (nSPS) is 18.7. The average molecular weight is 308 g/mol. The van der Waals surface area contributed by atoms with Crippen molar-refractivity contribution < 1.29 is 14.6 Å². The van der Waals surface area contributed by atoms with Gasteiger partial charge in [0, 0.05) is 32.2 Å². The third kappa shape index (κ3) is 4.12. The summed E-state index contributed by atoms with van der Waals surface area (Å²) in [5.41, 5.74) is 0.867. The second-order valence-electron chi connectivity index (χ2n) is 5.73. The highest BCUT2D eigenvalue weighted by Crippen LogP contribution is 2.32. The number of nitrogens with one attached hydrogen (secondary N) is 1. The van der Waals surface area contributed by atoms with Crippen LogP contribution in [-0.2, 0) is 0 Å². The van der Waals surface area contributed by atoms with E-state index in [9.17, 15) is 5.11 Å². The molecule has 1 aromatic rings. The Morgan fingerprint density at radius 2 is 2.00 bits per heavy atom. The highest BCUT2D eigenvalue weighted by Gasteiger charge is 2.25. The first kappa shape index (κ1) is 17.1. The van der Waals surface area contributed by atoms with Crippen LogP contribution in [0.25, 0.3) is 0 Å². The third-order valence-electron chi connectivity index (χ3n) is 4.18. The van der Waals surface area contributed by atoms with Crippen LogP contribution in [0.2, 0.25) is 0 Å². The van der Waals surface area contributed by atoms with Crippen LogP contribution in [0, 0.1) is 0 Å². The minimum Gasteiger partial charge on any atom is -0.493 e. The number of methoxy groups -OCH3 is 1. The molecule has 0 aromatic heterocycles. The van der Waals surface area contributed by atoms with Crippen molar-refractivity contribution in [2.75, 3.05) is 39.9 Å². The molecule has 1 aliphatic heterocycles. The Morgan fingerprint density at radius 1 is 1.27 bits per heavy atom. The summed E-state index contributed by atoms with van der Waals surface area (Å²) >= 11 is 0. The number of hydrogen-bond donors (Lipinski definition) is 2. The van der Waals surface area contributed by atoms with Crippen LogP contribution in [0.5, 0.6) is 11.5 Å². The number of piperazine rings is 1. The monoisotopic (exact) mass is 308 g/mol. The maximum Gasteiger partial charge on any atom is 0.161 e. The van der Waals surface area contributed by atoms with Gasteiger partial charge < -0.3 is 19.9 Å². The quantitative estimate of drug-likeness (QED) is 0.804. The summed E-state index contributed by atoms with van der Waals surface area (Å²) in [7, 11) is 1.63. The lowest BCUT2D eigenvalue weighted by atomic mass is 10.0. The molecule has 2 unspecified atom stereocenters. The Morgan fingerprint density at radius 3 is 2.64 bits per heavy atom. The van der Waals surface area contributed by atoms with Gasteiger partial charge >= 0.3 is 0 Å². The summed E-state index contributed by atoms with van der Waals surface area (Å²) in [6.45, 7) is 8.69. The van der Waals surface area contributed by atoms with Crippen LogP contribution in [0.15, 0.2) is 18.2 Å². The molecule has 5 nitrogen and oxygen atoms in total. The fourth-order valence-corrected chi connectivity index (χ4v) is 2.77. The van der Waals surface area contributed by atoms with Gasteiger partial charge in [-0.1, -0.05) is 13.0 Å². The molecule has 1 fully saturated rings. The van der Waals surface area contributed by atoms with Gasteiger partial charge in [0.2, 0.25) is 0 Å². The average Bonchev–Trinajstić information content (AvgIpc) is 2.59. The summed E-state index contributed by atoms with van der Waals surface area (Å²) in [6.07, 6.45) is 0.417. The molecule has 2 rings (SSSR count). The number of benzene rings is 1. The van der Waals surface area contributed by atoms with E-state index in [0.29, 0.717) is 12.4 Å². The van der Waals surface area contributed by atoms with E-state index in [0.717, 1.165) is 43.9 Å². The number of aliphatic hydroxyl groups excluding tert-OH is 1. The van der Waals surface area contributed by atoms with Crippen LogP contribution in [0.4, 0.5) is 0 Å².